The second-order valence-corrected chi connectivity index (χ2v) is 5.29. The third kappa shape index (κ3) is 2.47. The highest BCUT2D eigenvalue weighted by Crippen LogP contribution is 2.33. The number of benzene rings is 2. The van der Waals surface area contributed by atoms with E-state index in [9.17, 15) is 5.11 Å². The molecule has 2 aromatic carbocycles. The highest BCUT2D eigenvalue weighted by atomic mass is 16.3. The molecule has 2 atom stereocenters. The zero-order valence-corrected chi connectivity index (χ0v) is 11.1. The minimum Gasteiger partial charge on any atom is -0.388 e. The van der Waals surface area contributed by atoms with E-state index in [1.54, 1.807) is 0 Å². The van der Waals surface area contributed by atoms with Crippen LogP contribution < -0.4 is 0 Å². The van der Waals surface area contributed by atoms with Crippen LogP contribution in [0, 0.1) is 12.8 Å². The van der Waals surface area contributed by atoms with Crippen LogP contribution in [0.5, 0.6) is 0 Å². The van der Waals surface area contributed by atoms with Crippen molar-refractivity contribution >= 4 is 6.08 Å². The average molecular weight is 250 g/mol. The molecule has 0 fully saturated rings. The minimum atomic E-state index is -0.400. The minimum absolute atomic E-state index is 0.164. The summed E-state index contributed by atoms with van der Waals surface area (Å²) in [5, 5.41) is 10.5. The third-order valence-electron chi connectivity index (χ3n) is 3.84. The molecule has 1 aliphatic rings. The van der Waals surface area contributed by atoms with Crippen molar-refractivity contribution in [2.45, 2.75) is 19.4 Å². The van der Waals surface area contributed by atoms with Gasteiger partial charge in [0.25, 0.3) is 0 Å². The SMILES string of the molecule is Cc1ccc(C[C@H]2C=Cc3ccccc3[C@H]2O)cc1. The molecule has 0 amide bonds. The molecule has 1 heteroatoms. The van der Waals surface area contributed by atoms with Crippen molar-refractivity contribution in [1.29, 1.82) is 0 Å². The molecule has 0 saturated carbocycles. The van der Waals surface area contributed by atoms with E-state index in [0.717, 1.165) is 17.5 Å². The molecule has 1 aliphatic carbocycles. The van der Waals surface area contributed by atoms with E-state index in [0.29, 0.717) is 0 Å². The fraction of sp³-hybridized carbons (Fsp3) is 0.222. The van der Waals surface area contributed by atoms with Crippen LogP contribution >= 0.6 is 0 Å². The van der Waals surface area contributed by atoms with Gasteiger partial charge < -0.3 is 5.11 Å². The largest absolute Gasteiger partial charge is 0.388 e. The first-order valence-corrected chi connectivity index (χ1v) is 6.75. The van der Waals surface area contributed by atoms with Gasteiger partial charge in [0.15, 0.2) is 0 Å². The van der Waals surface area contributed by atoms with Gasteiger partial charge in [-0.05, 0) is 30.0 Å². The Morgan fingerprint density at radius 2 is 1.74 bits per heavy atom. The molecular weight excluding hydrogens is 232 g/mol. The van der Waals surface area contributed by atoms with Gasteiger partial charge in [0.2, 0.25) is 0 Å². The Kier molecular flexibility index (Phi) is 3.22. The molecule has 0 spiro atoms. The Morgan fingerprint density at radius 1 is 1.00 bits per heavy atom. The van der Waals surface area contributed by atoms with Crippen molar-refractivity contribution in [2.24, 2.45) is 5.92 Å². The quantitative estimate of drug-likeness (QED) is 0.856. The monoisotopic (exact) mass is 250 g/mol. The first-order chi connectivity index (χ1) is 9.24. The molecule has 0 aliphatic heterocycles. The second kappa shape index (κ2) is 5.02. The molecule has 0 aromatic heterocycles. The molecule has 1 N–H and O–H groups in total. The van der Waals surface area contributed by atoms with Crippen LogP contribution in [0.15, 0.2) is 54.6 Å². The maximum atomic E-state index is 10.5. The summed E-state index contributed by atoms with van der Waals surface area (Å²) in [5.74, 6) is 0.164. The highest BCUT2D eigenvalue weighted by Gasteiger charge is 2.23. The van der Waals surface area contributed by atoms with Crippen molar-refractivity contribution in [1.82, 2.24) is 0 Å². The maximum absolute atomic E-state index is 10.5. The summed E-state index contributed by atoms with van der Waals surface area (Å²) in [4.78, 5) is 0. The molecule has 96 valence electrons. The number of fused-ring (bicyclic) bond motifs is 1. The third-order valence-corrected chi connectivity index (χ3v) is 3.84. The lowest BCUT2D eigenvalue weighted by molar-refractivity contribution is 0.130. The van der Waals surface area contributed by atoms with Crippen LogP contribution in [-0.4, -0.2) is 5.11 Å². The van der Waals surface area contributed by atoms with Gasteiger partial charge in [0, 0.05) is 5.92 Å². The summed E-state index contributed by atoms with van der Waals surface area (Å²) in [7, 11) is 0. The van der Waals surface area contributed by atoms with E-state index >= 15 is 0 Å². The van der Waals surface area contributed by atoms with Gasteiger partial charge in [-0.1, -0.05) is 66.2 Å². The molecule has 2 aromatic rings. The number of aliphatic hydroxyl groups excluding tert-OH is 1. The highest BCUT2D eigenvalue weighted by molar-refractivity contribution is 5.57. The molecule has 0 bridgehead atoms. The number of hydrogen-bond acceptors (Lipinski definition) is 1. The summed E-state index contributed by atoms with van der Waals surface area (Å²) >= 11 is 0. The van der Waals surface area contributed by atoms with E-state index in [2.05, 4.69) is 49.4 Å². The van der Waals surface area contributed by atoms with Crippen LogP contribution in [0.2, 0.25) is 0 Å². The van der Waals surface area contributed by atoms with Gasteiger partial charge in [-0.15, -0.1) is 0 Å². The molecule has 0 heterocycles. The lowest BCUT2D eigenvalue weighted by atomic mass is 9.83. The smallest absolute Gasteiger partial charge is 0.0861 e. The van der Waals surface area contributed by atoms with Crippen molar-refractivity contribution < 1.29 is 5.11 Å². The molecule has 1 nitrogen and oxygen atoms in total. The summed E-state index contributed by atoms with van der Waals surface area (Å²) in [6, 6.07) is 16.6. The summed E-state index contributed by atoms with van der Waals surface area (Å²) < 4.78 is 0. The van der Waals surface area contributed by atoms with Crippen LogP contribution in [0.3, 0.4) is 0 Å². The summed E-state index contributed by atoms with van der Waals surface area (Å²) in [6.45, 7) is 2.09. The number of rotatable bonds is 2. The number of hydrogen-bond donors (Lipinski definition) is 1. The molecule has 0 radical (unpaired) electrons. The number of aliphatic hydroxyl groups is 1. The van der Waals surface area contributed by atoms with Gasteiger partial charge in [-0.2, -0.15) is 0 Å². The second-order valence-electron chi connectivity index (χ2n) is 5.29. The fourth-order valence-electron chi connectivity index (χ4n) is 2.67. The van der Waals surface area contributed by atoms with Crippen molar-refractivity contribution in [3.05, 3.63) is 76.9 Å². The van der Waals surface area contributed by atoms with Crippen LogP contribution in [-0.2, 0) is 6.42 Å². The van der Waals surface area contributed by atoms with Gasteiger partial charge in [-0.25, -0.2) is 0 Å². The summed E-state index contributed by atoms with van der Waals surface area (Å²) in [6.07, 6.45) is 4.74. The Hall–Kier alpha value is -1.86. The molecule has 0 saturated heterocycles. The average Bonchev–Trinajstić information content (AvgIpc) is 2.45. The molecule has 3 rings (SSSR count). The van der Waals surface area contributed by atoms with Crippen molar-refractivity contribution in [3.63, 3.8) is 0 Å². The van der Waals surface area contributed by atoms with Gasteiger partial charge in [-0.3, -0.25) is 0 Å². The Balaban J connectivity index is 1.83. The van der Waals surface area contributed by atoms with Crippen LogP contribution in [0.4, 0.5) is 0 Å². The maximum Gasteiger partial charge on any atom is 0.0861 e. The first-order valence-electron chi connectivity index (χ1n) is 6.75. The number of aryl methyl sites for hydroxylation is 1. The van der Waals surface area contributed by atoms with Crippen molar-refractivity contribution in [3.8, 4) is 0 Å². The van der Waals surface area contributed by atoms with Gasteiger partial charge in [0.05, 0.1) is 6.10 Å². The van der Waals surface area contributed by atoms with Crippen LogP contribution in [0.1, 0.15) is 28.4 Å². The zero-order chi connectivity index (χ0) is 13.2. The predicted molar refractivity (Wildman–Crippen MR) is 78.8 cm³/mol. The Morgan fingerprint density at radius 3 is 2.53 bits per heavy atom. The summed E-state index contributed by atoms with van der Waals surface area (Å²) in [5.41, 5.74) is 4.73. The molecular formula is C18H18O. The van der Waals surface area contributed by atoms with Gasteiger partial charge >= 0.3 is 0 Å². The van der Waals surface area contributed by atoms with E-state index in [1.807, 2.05) is 18.2 Å². The van der Waals surface area contributed by atoms with Gasteiger partial charge in [0.1, 0.15) is 0 Å². The van der Waals surface area contributed by atoms with E-state index in [1.165, 1.54) is 11.1 Å². The first kappa shape index (κ1) is 12.2. The normalized spacial score (nSPS) is 21.2. The standard InChI is InChI=1S/C18H18O/c1-13-6-8-14(9-7-13)12-16-11-10-15-4-2-3-5-17(15)18(16)19/h2-11,16,18-19H,12H2,1H3/t16-,18+/m1/s1. The lowest BCUT2D eigenvalue weighted by Crippen LogP contribution is -2.17. The van der Waals surface area contributed by atoms with E-state index in [4.69, 9.17) is 0 Å². The molecule has 0 unspecified atom stereocenters. The Bertz CT molecular complexity index is 595. The van der Waals surface area contributed by atoms with Crippen LogP contribution in [0.25, 0.3) is 6.08 Å². The molecule has 19 heavy (non-hydrogen) atoms. The fourth-order valence-corrected chi connectivity index (χ4v) is 2.67. The predicted octanol–water partition coefficient (Wildman–Crippen LogP) is 3.91. The van der Waals surface area contributed by atoms with Crippen molar-refractivity contribution in [2.75, 3.05) is 0 Å². The van der Waals surface area contributed by atoms with E-state index in [-0.39, 0.29) is 5.92 Å². The lowest BCUT2D eigenvalue weighted by Gasteiger charge is -2.25. The topological polar surface area (TPSA) is 20.2 Å². The zero-order valence-electron chi connectivity index (χ0n) is 11.1. The Labute approximate surface area is 114 Å². The van der Waals surface area contributed by atoms with E-state index < -0.39 is 6.10 Å².